The summed E-state index contributed by atoms with van der Waals surface area (Å²) in [5, 5.41) is 0.727. The van der Waals surface area contributed by atoms with Gasteiger partial charge in [-0.3, -0.25) is 4.98 Å². The van der Waals surface area contributed by atoms with Crippen LogP contribution in [0.3, 0.4) is 0 Å². The maximum atomic E-state index is 6.20. The molecule has 0 fully saturated rings. The van der Waals surface area contributed by atoms with Crippen molar-refractivity contribution in [3.8, 4) is 0 Å². The summed E-state index contributed by atoms with van der Waals surface area (Å²) < 4.78 is 0. The summed E-state index contributed by atoms with van der Waals surface area (Å²) in [7, 11) is 0. The molecule has 0 aliphatic heterocycles. The lowest BCUT2D eigenvalue weighted by molar-refractivity contribution is 0.581. The number of hydrogen-bond acceptors (Lipinski definition) is 1. The first kappa shape index (κ1) is 15.5. The topological polar surface area (TPSA) is 12.9 Å². The van der Waals surface area contributed by atoms with Crippen LogP contribution in [-0.2, 0) is 11.8 Å². The van der Waals surface area contributed by atoms with Crippen LogP contribution in [0.4, 0.5) is 0 Å². The van der Waals surface area contributed by atoms with Crippen molar-refractivity contribution in [2.45, 2.75) is 37.4 Å². The minimum Gasteiger partial charge on any atom is -0.263 e. The SMILES string of the molecule is CC(C)(C)c1ccccc1C(Br)Cc1ccncc1Cl. The Labute approximate surface area is 134 Å². The predicted molar refractivity (Wildman–Crippen MR) is 89.8 cm³/mol. The Balaban J connectivity index is 2.31. The summed E-state index contributed by atoms with van der Waals surface area (Å²) in [5.74, 6) is 0. The second-order valence-electron chi connectivity index (χ2n) is 5.98. The van der Waals surface area contributed by atoms with Crippen molar-refractivity contribution < 1.29 is 0 Å². The number of pyridine rings is 1. The molecule has 1 unspecified atom stereocenters. The number of nitrogens with zero attached hydrogens (tertiary/aromatic N) is 1. The van der Waals surface area contributed by atoms with Gasteiger partial charge in [-0.05, 0) is 34.6 Å². The first-order valence-electron chi connectivity index (χ1n) is 6.71. The zero-order valence-corrected chi connectivity index (χ0v) is 14.4. The van der Waals surface area contributed by atoms with Gasteiger partial charge >= 0.3 is 0 Å². The van der Waals surface area contributed by atoms with E-state index in [4.69, 9.17) is 11.6 Å². The summed E-state index contributed by atoms with van der Waals surface area (Å²) in [6.45, 7) is 6.72. The molecule has 0 saturated heterocycles. The van der Waals surface area contributed by atoms with Crippen LogP contribution >= 0.6 is 27.5 Å². The summed E-state index contributed by atoms with van der Waals surface area (Å²) in [6, 6.07) is 10.6. The number of alkyl halides is 1. The molecular formula is C17H19BrClN. The standard InChI is InChI=1S/C17H19BrClN/c1-17(2,3)14-7-5-4-6-13(14)15(18)10-12-8-9-20-11-16(12)19/h4-9,11,15H,10H2,1-3H3. The average Bonchev–Trinajstić information content (AvgIpc) is 2.40. The molecule has 106 valence electrons. The number of benzene rings is 1. The first-order chi connectivity index (χ1) is 9.39. The highest BCUT2D eigenvalue weighted by Crippen LogP contribution is 2.36. The molecule has 3 heteroatoms. The van der Waals surface area contributed by atoms with Gasteiger partial charge in [-0.15, -0.1) is 0 Å². The van der Waals surface area contributed by atoms with Gasteiger partial charge in [0.25, 0.3) is 0 Å². The van der Waals surface area contributed by atoms with Crippen LogP contribution in [0.25, 0.3) is 0 Å². The lowest BCUT2D eigenvalue weighted by Crippen LogP contribution is -2.15. The molecule has 2 aromatic rings. The largest absolute Gasteiger partial charge is 0.263 e. The van der Waals surface area contributed by atoms with E-state index in [2.05, 4.69) is 66.0 Å². The van der Waals surface area contributed by atoms with Gasteiger partial charge in [0, 0.05) is 17.2 Å². The number of halogens is 2. The fraction of sp³-hybridized carbons (Fsp3) is 0.353. The smallest absolute Gasteiger partial charge is 0.0621 e. The molecule has 0 N–H and O–H groups in total. The number of rotatable bonds is 3. The molecule has 2 rings (SSSR count). The highest BCUT2D eigenvalue weighted by molar-refractivity contribution is 9.09. The summed E-state index contributed by atoms with van der Waals surface area (Å²) in [6.07, 6.45) is 4.34. The van der Waals surface area contributed by atoms with E-state index in [1.165, 1.54) is 11.1 Å². The second-order valence-corrected chi connectivity index (χ2v) is 7.49. The summed E-state index contributed by atoms with van der Waals surface area (Å²) in [4.78, 5) is 4.28. The van der Waals surface area contributed by atoms with Gasteiger partial charge < -0.3 is 0 Å². The third-order valence-electron chi connectivity index (χ3n) is 3.36. The van der Waals surface area contributed by atoms with Gasteiger partial charge in [-0.1, -0.05) is 72.6 Å². The molecule has 1 aromatic carbocycles. The zero-order chi connectivity index (χ0) is 14.8. The van der Waals surface area contributed by atoms with Crippen molar-refractivity contribution >= 4 is 27.5 Å². The zero-order valence-electron chi connectivity index (χ0n) is 12.0. The third kappa shape index (κ3) is 3.62. The Hall–Kier alpha value is -0.860. The van der Waals surface area contributed by atoms with Crippen LogP contribution in [0, 0.1) is 0 Å². The molecular weight excluding hydrogens is 334 g/mol. The van der Waals surface area contributed by atoms with Crippen LogP contribution < -0.4 is 0 Å². The van der Waals surface area contributed by atoms with Gasteiger partial charge in [0.05, 0.1) is 5.02 Å². The molecule has 1 atom stereocenters. The fourth-order valence-electron chi connectivity index (χ4n) is 2.33. The molecule has 0 saturated carbocycles. The van der Waals surface area contributed by atoms with Crippen LogP contribution in [0.1, 0.15) is 42.3 Å². The van der Waals surface area contributed by atoms with Crippen molar-refractivity contribution in [2.75, 3.05) is 0 Å². The van der Waals surface area contributed by atoms with Crippen LogP contribution in [0.2, 0.25) is 5.02 Å². The molecule has 0 aliphatic carbocycles. The fourth-order valence-corrected chi connectivity index (χ4v) is 3.27. The van der Waals surface area contributed by atoms with Gasteiger partial charge in [-0.2, -0.15) is 0 Å². The third-order valence-corrected chi connectivity index (χ3v) is 4.52. The van der Waals surface area contributed by atoms with Crippen molar-refractivity contribution in [1.82, 2.24) is 4.98 Å². The average molecular weight is 353 g/mol. The molecule has 1 nitrogen and oxygen atoms in total. The Bertz CT molecular complexity index is 590. The number of hydrogen-bond donors (Lipinski definition) is 0. The van der Waals surface area contributed by atoms with Crippen molar-refractivity contribution in [1.29, 1.82) is 0 Å². The molecule has 20 heavy (non-hydrogen) atoms. The van der Waals surface area contributed by atoms with Gasteiger partial charge in [0.1, 0.15) is 0 Å². The van der Waals surface area contributed by atoms with Crippen LogP contribution in [0.15, 0.2) is 42.7 Å². The van der Waals surface area contributed by atoms with E-state index in [0.717, 1.165) is 17.0 Å². The van der Waals surface area contributed by atoms with Gasteiger partial charge in [-0.25, -0.2) is 0 Å². The molecule has 0 bridgehead atoms. The highest BCUT2D eigenvalue weighted by atomic mass is 79.9. The monoisotopic (exact) mass is 351 g/mol. The van der Waals surface area contributed by atoms with Crippen molar-refractivity contribution in [2.24, 2.45) is 0 Å². The van der Waals surface area contributed by atoms with E-state index < -0.39 is 0 Å². The molecule has 0 radical (unpaired) electrons. The van der Waals surface area contributed by atoms with Crippen LogP contribution in [-0.4, -0.2) is 4.98 Å². The van der Waals surface area contributed by atoms with Gasteiger partial charge in [0.15, 0.2) is 0 Å². The van der Waals surface area contributed by atoms with E-state index >= 15 is 0 Å². The molecule has 0 aliphatic rings. The van der Waals surface area contributed by atoms with Crippen molar-refractivity contribution in [3.05, 3.63) is 64.4 Å². The molecule has 0 amide bonds. The summed E-state index contributed by atoms with van der Waals surface area (Å²) in [5.41, 5.74) is 3.94. The lowest BCUT2D eigenvalue weighted by Gasteiger charge is -2.25. The van der Waals surface area contributed by atoms with Gasteiger partial charge in [0.2, 0.25) is 0 Å². The van der Waals surface area contributed by atoms with E-state index in [1.807, 2.05) is 6.07 Å². The molecule has 1 heterocycles. The van der Waals surface area contributed by atoms with E-state index in [9.17, 15) is 0 Å². The van der Waals surface area contributed by atoms with Crippen LogP contribution in [0.5, 0.6) is 0 Å². The Morgan fingerprint density at radius 1 is 1.20 bits per heavy atom. The minimum atomic E-state index is 0.130. The van der Waals surface area contributed by atoms with Crippen molar-refractivity contribution in [3.63, 3.8) is 0 Å². The Kier molecular flexibility index (Phi) is 4.87. The Morgan fingerprint density at radius 3 is 2.55 bits per heavy atom. The first-order valence-corrected chi connectivity index (χ1v) is 8.01. The maximum Gasteiger partial charge on any atom is 0.0621 e. The van der Waals surface area contributed by atoms with E-state index in [-0.39, 0.29) is 10.2 Å². The normalized spacial score (nSPS) is 13.2. The van der Waals surface area contributed by atoms with E-state index in [0.29, 0.717) is 0 Å². The maximum absolute atomic E-state index is 6.20. The highest BCUT2D eigenvalue weighted by Gasteiger charge is 2.21. The quantitative estimate of drug-likeness (QED) is 0.645. The summed E-state index contributed by atoms with van der Waals surface area (Å²) >= 11 is 10.0. The van der Waals surface area contributed by atoms with E-state index in [1.54, 1.807) is 12.4 Å². The molecule has 1 aromatic heterocycles. The second kappa shape index (κ2) is 6.28. The predicted octanol–water partition coefficient (Wildman–Crippen LogP) is 5.71. The molecule has 0 spiro atoms. The Morgan fingerprint density at radius 2 is 1.90 bits per heavy atom. The minimum absolute atomic E-state index is 0.130. The lowest BCUT2D eigenvalue weighted by atomic mass is 9.82. The number of aromatic nitrogens is 1.